The number of aryl methyl sites for hydroxylation is 2. The monoisotopic (exact) mass is 306 g/mol. The van der Waals surface area contributed by atoms with Crippen LogP contribution in [0.15, 0.2) is 0 Å². The molecule has 2 saturated heterocycles. The molecule has 5 heteroatoms. The number of hydrogen-bond donors (Lipinski definition) is 0. The van der Waals surface area contributed by atoms with Gasteiger partial charge in [-0.05, 0) is 44.1 Å². The summed E-state index contributed by atoms with van der Waals surface area (Å²) in [6, 6.07) is 0. The molecule has 0 radical (unpaired) electrons. The molecule has 2 aromatic heterocycles. The summed E-state index contributed by atoms with van der Waals surface area (Å²) < 4.78 is 5.93. The summed E-state index contributed by atoms with van der Waals surface area (Å²) in [6.07, 6.45) is 7.72. The average molecular weight is 307 g/mol. The third-order valence-corrected chi connectivity index (χ3v) is 6.43. The fraction of sp³-hybridized carbons (Fsp3) is 0.600. The topological polar surface area (TPSA) is 35.0 Å². The van der Waals surface area contributed by atoms with Gasteiger partial charge in [0, 0.05) is 10.8 Å². The molecule has 0 aromatic carbocycles. The molecular formula is C15H15ClN2OS. The van der Waals surface area contributed by atoms with Crippen molar-refractivity contribution in [1.82, 2.24) is 9.97 Å². The largest absolute Gasteiger partial charge is 0.374 e. The Hall–Kier alpha value is -0.710. The minimum absolute atomic E-state index is 0.320. The van der Waals surface area contributed by atoms with Crippen LogP contribution in [0.3, 0.4) is 0 Å². The molecule has 3 nitrogen and oxygen atoms in total. The molecule has 2 aromatic rings. The fourth-order valence-corrected chi connectivity index (χ4v) is 5.66. The highest BCUT2D eigenvalue weighted by Gasteiger charge is 2.43. The van der Waals surface area contributed by atoms with E-state index < -0.39 is 0 Å². The lowest BCUT2D eigenvalue weighted by molar-refractivity contribution is 0.0999. The van der Waals surface area contributed by atoms with E-state index in [9.17, 15) is 0 Å². The maximum Gasteiger partial charge on any atom is 0.141 e. The molecule has 4 heterocycles. The van der Waals surface area contributed by atoms with Crippen LogP contribution >= 0.6 is 22.9 Å². The molecule has 0 spiro atoms. The lowest BCUT2D eigenvalue weighted by Crippen LogP contribution is -2.17. The zero-order chi connectivity index (χ0) is 13.3. The lowest BCUT2D eigenvalue weighted by atomic mass is 9.88. The molecule has 2 aliphatic heterocycles. The maximum atomic E-state index is 6.48. The summed E-state index contributed by atoms with van der Waals surface area (Å²) in [7, 11) is 0. The first-order valence-electron chi connectivity index (χ1n) is 7.43. The van der Waals surface area contributed by atoms with Gasteiger partial charge in [-0.2, -0.15) is 0 Å². The second-order valence-corrected chi connectivity index (χ2v) is 7.57. The standard InChI is InChI=1S/C15H15ClN2OS/c16-13-12-8-2-1-3-11(8)20-15(12)18-14(17-13)9-6-7-4-5-10(9)19-7/h7,9-10H,1-6H2. The van der Waals surface area contributed by atoms with E-state index in [1.807, 2.05) is 11.3 Å². The summed E-state index contributed by atoms with van der Waals surface area (Å²) in [6.45, 7) is 0. The number of aromatic nitrogens is 2. The zero-order valence-electron chi connectivity index (χ0n) is 11.1. The molecule has 20 heavy (non-hydrogen) atoms. The minimum atomic E-state index is 0.320. The first-order valence-corrected chi connectivity index (χ1v) is 8.62. The highest BCUT2D eigenvalue weighted by atomic mass is 35.5. The van der Waals surface area contributed by atoms with Gasteiger partial charge in [0.25, 0.3) is 0 Å². The van der Waals surface area contributed by atoms with Crippen molar-refractivity contribution < 1.29 is 4.74 Å². The quantitative estimate of drug-likeness (QED) is 0.750. The molecule has 104 valence electrons. The molecule has 3 atom stereocenters. The van der Waals surface area contributed by atoms with Gasteiger partial charge in [-0.15, -0.1) is 11.3 Å². The summed E-state index contributed by atoms with van der Waals surface area (Å²) >= 11 is 8.30. The molecule has 5 rings (SSSR count). The molecule has 0 N–H and O–H groups in total. The second kappa shape index (κ2) is 4.15. The summed E-state index contributed by atoms with van der Waals surface area (Å²) in [4.78, 5) is 12.0. The first kappa shape index (κ1) is 11.9. The Balaban J connectivity index is 1.64. The van der Waals surface area contributed by atoms with Gasteiger partial charge in [0.05, 0.1) is 17.6 Å². The summed E-state index contributed by atoms with van der Waals surface area (Å²) in [5, 5.41) is 1.78. The molecule has 0 saturated carbocycles. The Morgan fingerprint density at radius 1 is 1.20 bits per heavy atom. The van der Waals surface area contributed by atoms with Crippen molar-refractivity contribution in [3.05, 3.63) is 21.4 Å². The van der Waals surface area contributed by atoms with Crippen LogP contribution in [-0.4, -0.2) is 22.2 Å². The Bertz CT molecular complexity index is 713. The summed E-state index contributed by atoms with van der Waals surface area (Å²) in [5.74, 6) is 1.27. The van der Waals surface area contributed by atoms with E-state index in [0.717, 1.165) is 35.3 Å². The summed E-state index contributed by atoms with van der Waals surface area (Å²) in [5.41, 5.74) is 1.41. The highest BCUT2D eigenvalue weighted by molar-refractivity contribution is 7.19. The molecule has 1 aliphatic carbocycles. The molecular weight excluding hydrogens is 292 g/mol. The SMILES string of the molecule is Clc1nc(C2CC3CCC2O3)nc2sc3c(c12)CCC3. The number of nitrogens with zero attached hydrogens (tertiary/aromatic N) is 2. The van der Waals surface area contributed by atoms with E-state index in [4.69, 9.17) is 21.3 Å². The van der Waals surface area contributed by atoms with Gasteiger partial charge in [0.15, 0.2) is 0 Å². The van der Waals surface area contributed by atoms with Crippen molar-refractivity contribution in [3.8, 4) is 0 Å². The van der Waals surface area contributed by atoms with Crippen LogP contribution < -0.4 is 0 Å². The Morgan fingerprint density at radius 3 is 2.95 bits per heavy atom. The van der Waals surface area contributed by atoms with Crippen LogP contribution in [0.25, 0.3) is 10.2 Å². The van der Waals surface area contributed by atoms with E-state index in [1.165, 1.54) is 29.7 Å². The van der Waals surface area contributed by atoms with E-state index in [2.05, 4.69) is 4.98 Å². The van der Waals surface area contributed by atoms with Crippen LogP contribution in [0.4, 0.5) is 0 Å². The van der Waals surface area contributed by atoms with Crippen LogP contribution in [-0.2, 0) is 17.6 Å². The first-order chi connectivity index (χ1) is 9.79. The van der Waals surface area contributed by atoms with E-state index in [1.54, 1.807) is 0 Å². The van der Waals surface area contributed by atoms with Crippen LogP contribution in [0.1, 0.15) is 47.9 Å². The second-order valence-electron chi connectivity index (χ2n) is 6.13. The average Bonchev–Trinajstić information content (AvgIpc) is 3.17. The number of fused-ring (bicyclic) bond motifs is 5. The zero-order valence-corrected chi connectivity index (χ0v) is 12.6. The van der Waals surface area contributed by atoms with Gasteiger partial charge in [0.1, 0.15) is 15.8 Å². The van der Waals surface area contributed by atoms with Crippen LogP contribution in [0.2, 0.25) is 5.15 Å². The number of thiophene rings is 1. The van der Waals surface area contributed by atoms with E-state index >= 15 is 0 Å². The van der Waals surface area contributed by atoms with Crippen molar-refractivity contribution in [1.29, 1.82) is 0 Å². The molecule has 2 fully saturated rings. The van der Waals surface area contributed by atoms with Crippen molar-refractivity contribution in [2.24, 2.45) is 0 Å². The third-order valence-electron chi connectivity index (χ3n) is 4.98. The molecule has 0 amide bonds. The predicted octanol–water partition coefficient (Wildman–Crippen LogP) is 3.87. The van der Waals surface area contributed by atoms with Gasteiger partial charge in [0.2, 0.25) is 0 Å². The predicted molar refractivity (Wildman–Crippen MR) is 79.7 cm³/mol. The van der Waals surface area contributed by atoms with Gasteiger partial charge >= 0.3 is 0 Å². The molecule has 3 unspecified atom stereocenters. The number of ether oxygens (including phenoxy) is 1. The van der Waals surface area contributed by atoms with E-state index in [-0.39, 0.29) is 0 Å². The van der Waals surface area contributed by atoms with Gasteiger partial charge in [-0.25, -0.2) is 9.97 Å². The maximum absolute atomic E-state index is 6.48. The normalized spacial score (nSPS) is 31.4. The van der Waals surface area contributed by atoms with Gasteiger partial charge in [-0.3, -0.25) is 0 Å². The van der Waals surface area contributed by atoms with Crippen molar-refractivity contribution in [2.45, 2.75) is 56.7 Å². The van der Waals surface area contributed by atoms with Crippen molar-refractivity contribution in [3.63, 3.8) is 0 Å². The minimum Gasteiger partial charge on any atom is -0.374 e. The fourth-order valence-electron chi connectivity index (χ4n) is 4.04. The third kappa shape index (κ3) is 1.56. The Labute approximate surface area is 126 Å². The molecule has 2 bridgehead atoms. The lowest BCUT2D eigenvalue weighted by Gasteiger charge is -2.17. The van der Waals surface area contributed by atoms with E-state index in [0.29, 0.717) is 23.3 Å². The van der Waals surface area contributed by atoms with Crippen molar-refractivity contribution >= 4 is 33.2 Å². The van der Waals surface area contributed by atoms with Crippen molar-refractivity contribution in [2.75, 3.05) is 0 Å². The van der Waals surface area contributed by atoms with Gasteiger partial charge in [-0.1, -0.05) is 11.6 Å². The smallest absolute Gasteiger partial charge is 0.141 e. The van der Waals surface area contributed by atoms with Crippen LogP contribution in [0.5, 0.6) is 0 Å². The Kier molecular flexibility index (Phi) is 2.47. The van der Waals surface area contributed by atoms with Gasteiger partial charge < -0.3 is 4.74 Å². The number of hydrogen-bond acceptors (Lipinski definition) is 4. The Morgan fingerprint density at radius 2 is 2.15 bits per heavy atom. The molecule has 3 aliphatic rings. The number of rotatable bonds is 1. The van der Waals surface area contributed by atoms with Crippen LogP contribution in [0, 0.1) is 0 Å². The highest BCUT2D eigenvalue weighted by Crippen LogP contribution is 2.45. The number of halogens is 1.